The van der Waals surface area contributed by atoms with Gasteiger partial charge in [0.15, 0.2) is 0 Å². The smallest absolute Gasteiger partial charge is 0.337 e. The Morgan fingerprint density at radius 1 is 1.03 bits per heavy atom. The summed E-state index contributed by atoms with van der Waals surface area (Å²) >= 11 is 0. The van der Waals surface area contributed by atoms with Crippen LogP contribution in [0.1, 0.15) is 22.0 Å². The molecule has 1 heterocycles. The van der Waals surface area contributed by atoms with Gasteiger partial charge in [-0.3, -0.25) is 14.4 Å². The molecule has 2 aromatic carbocycles. The fourth-order valence-corrected chi connectivity index (χ4v) is 3.09. The zero-order valence-corrected chi connectivity index (χ0v) is 17.0. The number of ether oxygens (including phenoxy) is 2. The van der Waals surface area contributed by atoms with Gasteiger partial charge in [0, 0.05) is 12.2 Å². The molecule has 9 nitrogen and oxygen atoms in total. The van der Waals surface area contributed by atoms with Gasteiger partial charge in [-0.2, -0.15) is 0 Å². The molecule has 0 aliphatic carbocycles. The second-order valence-electron chi connectivity index (χ2n) is 6.82. The van der Waals surface area contributed by atoms with Gasteiger partial charge >= 0.3 is 17.8 Å². The molecule has 9 heteroatoms. The number of anilines is 1. The number of methoxy groups -OCH3 is 1. The third-order valence-electron chi connectivity index (χ3n) is 4.76. The van der Waals surface area contributed by atoms with E-state index in [-0.39, 0.29) is 18.6 Å². The van der Waals surface area contributed by atoms with Crippen molar-refractivity contribution in [1.82, 2.24) is 10.2 Å². The van der Waals surface area contributed by atoms with E-state index in [4.69, 9.17) is 4.74 Å². The Bertz CT molecular complexity index is 945. The van der Waals surface area contributed by atoms with E-state index in [0.717, 1.165) is 5.56 Å². The topological polar surface area (TPSA) is 114 Å². The minimum atomic E-state index is -0.932. The number of esters is 1. The lowest BCUT2D eigenvalue weighted by Crippen LogP contribution is -2.48. The quantitative estimate of drug-likeness (QED) is 0.548. The maximum atomic E-state index is 12.5. The maximum Gasteiger partial charge on any atom is 0.337 e. The highest BCUT2D eigenvalue weighted by Gasteiger charge is 2.26. The highest BCUT2D eigenvalue weighted by atomic mass is 16.5. The van der Waals surface area contributed by atoms with Crippen LogP contribution in [-0.4, -0.2) is 61.9 Å². The van der Waals surface area contributed by atoms with Crippen molar-refractivity contribution in [3.63, 3.8) is 0 Å². The van der Waals surface area contributed by atoms with Gasteiger partial charge in [-0.15, -0.1) is 0 Å². The van der Waals surface area contributed by atoms with Crippen LogP contribution in [0.25, 0.3) is 0 Å². The van der Waals surface area contributed by atoms with Crippen LogP contribution in [0.4, 0.5) is 5.69 Å². The van der Waals surface area contributed by atoms with Gasteiger partial charge in [0.2, 0.25) is 5.91 Å². The lowest BCUT2D eigenvalue weighted by Gasteiger charge is -2.33. The summed E-state index contributed by atoms with van der Waals surface area (Å²) in [5, 5.41) is 4.75. The number of amides is 3. The van der Waals surface area contributed by atoms with Crippen LogP contribution in [0.5, 0.6) is 0 Å². The van der Waals surface area contributed by atoms with Gasteiger partial charge in [-0.05, 0) is 29.8 Å². The minimum absolute atomic E-state index is 0.231. The van der Waals surface area contributed by atoms with Crippen molar-refractivity contribution in [3.8, 4) is 0 Å². The van der Waals surface area contributed by atoms with Crippen molar-refractivity contribution in [2.75, 3.05) is 38.7 Å². The molecule has 1 unspecified atom stereocenters. The number of rotatable bonds is 5. The van der Waals surface area contributed by atoms with Crippen molar-refractivity contribution in [1.29, 1.82) is 0 Å². The Morgan fingerprint density at radius 3 is 2.42 bits per heavy atom. The first-order valence-electron chi connectivity index (χ1n) is 9.70. The fourth-order valence-electron chi connectivity index (χ4n) is 3.09. The second kappa shape index (κ2) is 10.4. The average Bonchev–Trinajstić information content (AvgIpc) is 2.82. The fraction of sp³-hybridized carbons (Fsp3) is 0.273. The third-order valence-corrected chi connectivity index (χ3v) is 4.76. The summed E-state index contributed by atoms with van der Waals surface area (Å²) in [7, 11) is 1.27. The average molecular weight is 425 g/mol. The largest absolute Gasteiger partial charge is 0.465 e. The van der Waals surface area contributed by atoms with Gasteiger partial charge < -0.3 is 25.0 Å². The summed E-state index contributed by atoms with van der Waals surface area (Å²) in [5.74, 6) is -2.65. The zero-order valence-electron chi connectivity index (χ0n) is 17.0. The highest BCUT2D eigenvalue weighted by molar-refractivity contribution is 6.39. The number of carbonyl (C=O) groups excluding carboxylic acids is 4. The highest BCUT2D eigenvalue weighted by Crippen LogP contribution is 2.21. The molecule has 0 saturated carbocycles. The van der Waals surface area contributed by atoms with Crippen LogP contribution in [0, 0.1) is 0 Å². The van der Waals surface area contributed by atoms with Crippen molar-refractivity contribution in [2.45, 2.75) is 6.10 Å². The first kappa shape index (κ1) is 22.0. The molecule has 0 aromatic heterocycles. The lowest BCUT2D eigenvalue weighted by molar-refractivity contribution is -0.141. The van der Waals surface area contributed by atoms with Gasteiger partial charge in [0.1, 0.15) is 6.10 Å². The number of benzene rings is 2. The first-order chi connectivity index (χ1) is 15.0. The maximum absolute atomic E-state index is 12.5. The van der Waals surface area contributed by atoms with Gasteiger partial charge in [0.05, 0.1) is 32.4 Å². The Balaban J connectivity index is 1.47. The molecule has 31 heavy (non-hydrogen) atoms. The predicted molar refractivity (Wildman–Crippen MR) is 111 cm³/mol. The van der Waals surface area contributed by atoms with Crippen LogP contribution < -0.4 is 10.6 Å². The van der Waals surface area contributed by atoms with E-state index in [9.17, 15) is 19.2 Å². The number of hydrogen-bond donors (Lipinski definition) is 2. The summed E-state index contributed by atoms with van der Waals surface area (Å²) in [6, 6.07) is 15.5. The number of nitrogens with zero attached hydrogens (tertiary/aromatic N) is 1. The van der Waals surface area contributed by atoms with Crippen molar-refractivity contribution < 1.29 is 28.7 Å². The molecule has 1 fully saturated rings. The van der Waals surface area contributed by atoms with E-state index in [1.54, 1.807) is 4.90 Å². The number of morpholine rings is 1. The van der Waals surface area contributed by atoms with E-state index in [1.807, 2.05) is 30.3 Å². The van der Waals surface area contributed by atoms with E-state index in [0.29, 0.717) is 30.9 Å². The summed E-state index contributed by atoms with van der Waals surface area (Å²) in [5.41, 5.74) is 1.62. The van der Waals surface area contributed by atoms with Gasteiger partial charge in [0.25, 0.3) is 0 Å². The Morgan fingerprint density at radius 2 is 1.74 bits per heavy atom. The van der Waals surface area contributed by atoms with E-state index < -0.39 is 17.8 Å². The van der Waals surface area contributed by atoms with Gasteiger partial charge in [-0.25, -0.2) is 4.79 Å². The number of nitrogens with one attached hydrogen (secondary N) is 2. The van der Waals surface area contributed by atoms with Crippen LogP contribution in [0.3, 0.4) is 0 Å². The zero-order chi connectivity index (χ0) is 22.2. The molecule has 1 saturated heterocycles. The predicted octanol–water partition coefficient (Wildman–Crippen LogP) is 1.13. The van der Waals surface area contributed by atoms with Crippen LogP contribution in [-0.2, 0) is 23.9 Å². The molecule has 0 spiro atoms. The molecule has 0 radical (unpaired) electrons. The molecule has 2 N–H and O–H groups in total. The number of carbonyl (C=O) groups is 4. The normalized spacial score (nSPS) is 15.6. The molecule has 1 aliphatic rings. The lowest BCUT2D eigenvalue weighted by atomic mass is 10.1. The van der Waals surface area contributed by atoms with Crippen LogP contribution in [0.2, 0.25) is 0 Å². The molecule has 162 valence electrons. The SMILES string of the molecule is COC(=O)c1ccc(NC(=O)C(=O)NCC(=O)N2CCOC(c3ccccc3)C2)cc1. The molecule has 1 atom stereocenters. The summed E-state index contributed by atoms with van der Waals surface area (Å²) in [6.07, 6.45) is -0.231. The molecular formula is C22H23N3O6. The summed E-state index contributed by atoms with van der Waals surface area (Å²) in [4.78, 5) is 49.6. The standard InChI is InChI=1S/C22H23N3O6/c1-30-22(29)16-7-9-17(10-8-16)24-21(28)20(27)23-13-19(26)25-11-12-31-18(14-25)15-5-3-2-4-6-15/h2-10,18H,11-14H2,1H3,(H,23,27)(H,24,28). The van der Waals surface area contributed by atoms with E-state index in [2.05, 4.69) is 15.4 Å². The summed E-state index contributed by atoms with van der Waals surface area (Å²) in [6.45, 7) is 0.880. The Kier molecular flexibility index (Phi) is 7.34. The molecule has 2 aromatic rings. The Hall–Kier alpha value is -3.72. The molecule has 3 rings (SSSR count). The minimum Gasteiger partial charge on any atom is -0.465 e. The van der Waals surface area contributed by atoms with Crippen molar-refractivity contribution >= 4 is 29.4 Å². The molecule has 1 aliphatic heterocycles. The van der Waals surface area contributed by atoms with Gasteiger partial charge in [-0.1, -0.05) is 30.3 Å². The number of hydrogen-bond acceptors (Lipinski definition) is 6. The van der Waals surface area contributed by atoms with E-state index >= 15 is 0 Å². The third kappa shape index (κ3) is 5.89. The summed E-state index contributed by atoms with van der Waals surface area (Å²) < 4.78 is 10.3. The second-order valence-corrected chi connectivity index (χ2v) is 6.82. The van der Waals surface area contributed by atoms with E-state index in [1.165, 1.54) is 31.4 Å². The molecule has 0 bridgehead atoms. The monoisotopic (exact) mass is 425 g/mol. The molecular weight excluding hydrogens is 402 g/mol. The van der Waals surface area contributed by atoms with Crippen molar-refractivity contribution in [2.24, 2.45) is 0 Å². The molecule has 3 amide bonds. The van der Waals surface area contributed by atoms with Crippen LogP contribution >= 0.6 is 0 Å². The first-order valence-corrected chi connectivity index (χ1v) is 9.70. The van der Waals surface area contributed by atoms with Crippen molar-refractivity contribution in [3.05, 3.63) is 65.7 Å². The Labute approximate surface area is 179 Å². The van der Waals surface area contributed by atoms with Crippen LogP contribution in [0.15, 0.2) is 54.6 Å².